The summed E-state index contributed by atoms with van der Waals surface area (Å²) in [5.74, 6) is 0. The summed E-state index contributed by atoms with van der Waals surface area (Å²) >= 11 is 0. The maximum Gasteiger partial charge on any atom is 0.134 e. The first-order valence-corrected chi connectivity index (χ1v) is 6.06. The average Bonchev–Trinajstić information content (AvgIpc) is 2.93. The van der Waals surface area contributed by atoms with Gasteiger partial charge in [-0.1, -0.05) is 0 Å². The molecule has 0 aliphatic carbocycles. The standard InChI is InChI=1S/C15H16N2O/c1-9-8-18-15-4-3-11(5-13(9)15)14-6-12(7-16)10(2)17-14/h3-6,8,17H,7,16H2,1-2H3. The first kappa shape index (κ1) is 11.1. The first-order valence-electron chi connectivity index (χ1n) is 6.06. The third-order valence-electron chi connectivity index (χ3n) is 3.42. The third kappa shape index (κ3) is 1.64. The van der Waals surface area contributed by atoms with Crippen molar-refractivity contribution >= 4 is 11.0 Å². The number of rotatable bonds is 2. The van der Waals surface area contributed by atoms with E-state index in [4.69, 9.17) is 10.2 Å². The minimum Gasteiger partial charge on any atom is -0.464 e. The summed E-state index contributed by atoms with van der Waals surface area (Å²) in [6, 6.07) is 8.35. The molecule has 18 heavy (non-hydrogen) atoms. The largest absolute Gasteiger partial charge is 0.464 e. The lowest BCUT2D eigenvalue weighted by molar-refractivity contribution is 0.613. The molecule has 92 valence electrons. The lowest BCUT2D eigenvalue weighted by Gasteiger charge is -1.98. The number of H-pyrrole nitrogens is 1. The first-order chi connectivity index (χ1) is 8.69. The van der Waals surface area contributed by atoms with Gasteiger partial charge in [-0.15, -0.1) is 0 Å². The van der Waals surface area contributed by atoms with Crippen molar-refractivity contribution in [2.24, 2.45) is 5.73 Å². The van der Waals surface area contributed by atoms with E-state index in [2.05, 4.69) is 30.1 Å². The summed E-state index contributed by atoms with van der Waals surface area (Å²) in [4.78, 5) is 3.38. The maximum atomic E-state index is 5.71. The molecule has 0 saturated carbocycles. The summed E-state index contributed by atoms with van der Waals surface area (Å²) in [7, 11) is 0. The van der Waals surface area contributed by atoms with Crippen LogP contribution in [-0.4, -0.2) is 4.98 Å². The second-order valence-electron chi connectivity index (χ2n) is 4.67. The highest BCUT2D eigenvalue weighted by atomic mass is 16.3. The number of aryl methyl sites for hydroxylation is 2. The van der Waals surface area contributed by atoms with E-state index < -0.39 is 0 Å². The van der Waals surface area contributed by atoms with Gasteiger partial charge in [-0.2, -0.15) is 0 Å². The van der Waals surface area contributed by atoms with Gasteiger partial charge in [-0.05, 0) is 54.8 Å². The fraction of sp³-hybridized carbons (Fsp3) is 0.200. The molecule has 3 N–H and O–H groups in total. The lowest BCUT2D eigenvalue weighted by atomic mass is 10.1. The van der Waals surface area contributed by atoms with Crippen molar-refractivity contribution in [3.63, 3.8) is 0 Å². The zero-order chi connectivity index (χ0) is 12.7. The second kappa shape index (κ2) is 4.03. The van der Waals surface area contributed by atoms with Crippen LogP contribution in [-0.2, 0) is 6.54 Å². The van der Waals surface area contributed by atoms with Gasteiger partial charge < -0.3 is 15.1 Å². The lowest BCUT2D eigenvalue weighted by Crippen LogP contribution is -1.95. The third-order valence-corrected chi connectivity index (χ3v) is 3.42. The van der Waals surface area contributed by atoms with Crippen LogP contribution < -0.4 is 5.73 Å². The van der Waals surface area contributed by atoms with Gasteiger partial charge in [0.15, 0.2) is 0 Å². The molecule has 0 amide bonds. The molecular formula is C15H16N2O. The van der Waals surface area contributed by atoms with Crippen molar-refractivity contribution in [2.45, 2.75) is 20.4 Å². The van der Waals surface area contributed by atoms with Crippen LogP contribution in [0.5, 0.6) is 0 Å². The molecule has 0 atom stereocenters. The average molecular weight is 240 g/mol. The Morgan fingerprint density at radius 2 is 2.06 bits per heavy atom. The zero-order valence-electron chi connectivity index (χ0n) is 10.6. The minimum atomic E-state index is 0.565. The summed E-state index contributed by atoms with van der Waals surface area (Å²) in [6.07, 6.45) is 1.79. The van der Waals surface area contributed by atoms with E-state index in [1.54, 1.807) is 6.26 Å². The van der Waals surface area contributed by atoms with Gasteiger partial charge in [-0.25, -0.2) is 0 Å². The molecule has 3 nitrogen and oxygen atoms in total. The van der Waals surface area contributed by atoms with Crippen molar-refractivity contribution in [3.8, 4) is 11.3 Å². The molecule has 3 aromatic rings. The van der Waals surface area contributed by atoms with E-state index in [1.807, 2.05) is 13.0 Å². The van der Waals surface area contributed by atoms with Gasteiger partial charge in [0, 0.05) is 23.3 Å². The molecule has 0 bridgehead atoms. The van der Waals surface area contributed by atoms with E-state index in [0.717, 1.165) is 39.0 Å². The molecular weight excluding hydrogens is 224 g/mol. The van der Waals surface area contributed by atoms with E-state index in [1.165, 1.54) is 0 Å². The quantitative estimate of drug-likeness (QED) is 0.720. The molecule has 3 heteroatoms. The minimum absolute atomic E-state index is 0.565. The zero-order valence-corrected chi connectivity index (χ0v) is 10.6. The number of nitrogens with one attached hydrogen (secondary N) is 1. The molecule has 1 aromatic carbocycles. The van der Waals surface area contributed by atoms with Crippen LogP contribution in [0.15, 0.2) is 34.9 Å². The Morgan fingerprint density at radius 3 is 2.78 bits per heavy atom. The van der Waals surface area contributed by atoms with Crippen molar-refractivity contribution < 1.29 is 4.42 Å². The van der Waals surface area contributed by atoms with Crippen molar-refractivity contribution in [3.05, 3.63) is 47.3 Å². The molecule has 2 aromatic heterocycles. The number of aromatic nitrogens is 1. The van der Waals surface area contributed by atoms with E-state index >= 15 is 0 Å². The predicted molar refractivity (Wildman–Crippen MR) is 73.4 cm³/mol. The van der Waals surface area contributed by atoms with Gasteiger partial charge in [-0.3, -0.25) is 0 Å². The number of hydrogen-bond acceptors (Lipinski definition) is 2. The Morgan fingerprint density at radius 1 is 1.22 bits per heavy atom. The normalized spacial score (nSPS) is 11.3. The molecule has 0 aliphatic heterocycles. The van der Waals surface area contributed by atoms with Gasteiger partial charge in [0.2, 0.25) is 0 Å². The fourth-order valence-electron chi connectivity index (χ4n) is 2.29. The monoisotopic (exact) mass is 240 g/mol. The van der Waals surface area contributed by atoms with Gasteiger partial charge in [0.1, 0.15) is 5.58 Å². The number of benzene rings is 1. The molecule has 0 aliphatic rings. The van der Waals surface area contributed by atoms with Crippen molar-refractivity contribution in [2.75, 3.05) is 0 Å². The smallest absolute Gasteiger partial charge is 0.134 e. The SMILES string of the molecule is Cc1[nH]c(-c2ccc3occ(C)c3c2)cc1CN. The van der Waals surface area contributed by atoms with Crippen LogP contribution in [0.4, 0.5) is 0 Å². The topological polar surface area (TPSA) is 55.0 Å². The van der Waals surface area contributed by atoms with Crippen LogP contribution in [0.2, 0.25) is 0 Å². The highest BCUT2D eigenvalue weighted by Crippen LogP contribution is 2.28. The predicted octanol–water partition coefficient (Wildman–Crippen LogP) is 3.50. The summed E-state index contributed by atoms with van der Waals surface area (Å²) < 4.78 is 5.46. The van der Waals surface area contributed by atoms with Crippen LogP contribution in [0.3, 0.4) is 0 Å². The van der Waals surface area contributed by atoms with Crippen LogP contribution in [0.25, 0.3) is 22.2 Å². The number of nitrogens with two attached hydrogens (primary N) is 1. The van der Waals surface area contributed by atoms with Crippen molar-refractivity contribution in [1.29, 1.82) is 0 Å². The highest BCUT2D eigenvalue weighted by molar-refractivity contribution is 5.85. The maximum absolute atomic E-state index is 5.71. The van der Waals surface area contributed by atoms with Crippen LogP contribution in [0.1, 0.15) is 16.8 Å². The summed E-state index contributed by atoms with van der Waals surface area (Å²) in [5, 5.41) is 1.16. The molecule has 2 heterocycles. The number of furan rings is 1. The highest BCUT2D eigenvalue weighted by Gasteiger charge is 2.08. The molecule has 0 spiro atoms. The van der Waals surface area contributed by atoms with E-state index in [-0.39, 0.29) is 0 Å². The van der Waals surface area contributed by atoms with E-state index in [9.17, 15) is 0 Å². The van der Waals surface area contributed by atoms with Crippen LogP contribution >= 0.6 is 0 Å². The van der Waals surface area contributed by atoms with Crippen LogP contribution in [0, 0.1) is 13.8 Å². The van der Waals surface area contributed by atoms with E-state index in [0.29, 0.717) is 6.54 Å². The Balaban J connectivity index is 2.15. The second-order valence-corrected chi connectivity index (χ2v) is 4.67. The fourth-order valence-corrected chi connectivity index (χ4v) is 2.29. The van der Waals surface area contributed by atoms with Crippen molar-refractivity contribution in [1.82, 2.24) is 4.98 Å². The number of fused-ring (bicyclic) bond motifs is 1. The Hall–Kier alpha value is -2.00. The number of aromatic amines is 1. The Kier molecular flexibility index (Phi) is 2.49. The Labute approximate surface area is 106 Å². The molecule has 0 saturated heterocycles. The summed E-state index contributed by atoms with van der Waals surface area (Å²) in [5.41, 5.74) is 12.4. The van der Waals surface area contributed by atoms with Gasteiger partial charge in [0.05, 0.1) is 6.26 Å². The molecule has 3 rings (SSSR count). The van der Waals surface area contributed by atoms with Gasteiger partial charge >= 0.3 is 0 Å². The molecule has 0 unspecified atom stereocenters. The number of hydrogen-bond donors (Lipinski definition) is 2. The summed E-state index contributed by atoms with van der Waals surface area (Å²) in [6.45, 7) is 4.67. The Bertz CT molecular complexity index is 706. The van der Waals surface area contributed by atoms with Gasteiger partial charge in [0.25, 0.3) is 0 Å². The molecule has 0 fully saturated rings. The molecule has 0 radical (unpaired) electrons.